The lowest BCUT2D eigenvalue weighted by Gasteiger charge is -2.29. The highest BCUT2D eigenvalue weighted by Crippen LogP contribution is 2.18. The maximum atomic E-state index is 13.0. The molecule has 1 N–H and O–H groups in total. The summed E-state index contributed by atoms with van der Waals surface area (Å²) in [5, 5.41) is 3.64. The van der Waals surface area contributed by atoms with E-state index < -0.39 is 6.04 Å². The number of amides is 2. The average molecular weight is 447 g/mol. The fourth-order valence-corrected chi connectivity index (χ4v) is 4.05. The molecule has 2 aromatic rings. The Bertz CT molecular complexity index is 826. The number of carbonyl (C=O) groups is 2. The molecule has 0 bridgehead atoms. The van der Waals surface area contributed by atoms with E-state index in [2.05, 4.69) is 12.2 Å². The van der Waals surface area contributed by atoms with Gasteiger partial charge in [0.1, 0.15) is 6.04 Å². The second-order valence-electron chi connectivity index (χ2n) is 7.45. The highest BCUT2D eigenvalue weighted by atomic mass is 35.5. The largest absolute Gasteiger partial charge is 0.354 e. The molecular weight excluding hydrogens is 416 g/mol. The minimum Gasteiger partial charge on any atom is -0.354 e. The summed E-state index contributed by atoms with van der Waals surface area (Å²) in [7, 11) is 0. The van der Waals surface area contributed by atoms with Gasteiger partial charge in [-0.1, -0.05) is 66.9 Å². The van der Waals surface area contributed by atoms with E-state index in [1.54, 1.807) is 11.8 Å². The Morgan fingerprint density at radius 3 is 2.53 bits per heavy atom. The van der Waals surface area contributed by atoms with Gasteiger partial charge in [0.05, 0.1) is 5.75 Å². The van der Waals surface area contributed by atoms with Crippen LogP contribution in [0.2, 0.25) is 5.02 Å². The van der Waals surface area contributed by atoms with E-state index in [0.29, 0.717) is 29.6 Å². The van der Waals surface area contributed by atoms with Crippen molar-refractivity contribution in [1.82, 2.24) is 10.2 Å². The van der Waals surface area contributed by atoms with E-state index in [0.717, 1.165) is 24.0 Å². The van der Waals surface area contributed by atoms with Crippen LogP contribution in [0.1, 0.15) is 43.4 Å². The normalized spacial score (nSPS) is 11.7. The molecule has 0 aromatic heterocycles. The van der Waals surface area contributed by atoms with Crippen molar-refractivity contribution in [2.24, 2.45) is 0 Å². The number of nitrogens with zero attached hydrogens (tertiary/aromatic N) is 1. The van der Waals surface area contributed by atoms with Crippen molar-refractivity contribution in [3.8, 4) is 0 Å². The molecule has 0 aliphatic heterocycles. The first-order valence-corrected chi connectivity index (χ1v) is 11.9. The van der Waals surface area contributed by atoms with E-state index in [9.17, 15) is 9.59 Å². The van der Waals surface area contributed by atoms with Crippen molar-refractivity contribution in [2.45, 2.75) is 52.0 Å². The lowest BCUT2D eigenvalue weighted by atomic mass is 10.1. The maximum absolute atomic E-state index is 13.0. The zero-order valence-electron chi connectivity index (χ0n) is 18.0. The van der Waals surface area contributed by atoms with Gasteiger partial charge in [-0.05, 0) is 43.5 Å². The Kier molecular flexibility index (Phi) is 10.2. The van der Waals surface area contributed by atoms with Crippen LogP contribution in [-0.4, -0.2) is 35.1 Å². The van der Waals surface area contributed by atoms with E-state index in [4.69, 9.17) is 11.6 Å². The molecule has 0 spiro atoms. The Balaban J connectivity index is 2.03. The molecule has 0 radical (unpaired) electrons. The van der Waals surface area contributed by atoms with Crippen LogP contribution in [0, 0.1) is 6.92 Å². The first-order valence-electron chi connectivity index (χ1n) is 10.4. The molecule has 2 rings (SSSR count). The summed E-state index contributed by atoms with van der Waals surface area (Å²) >= 11 is 7.57. The van der Waals surface area contributed by atoms with Gasteiger partial charge in [-0.2, -0.15) is 0 Å². The quantitative estimate of drug-likeness (QED) is 0.481. The summed E-state index contributed by atoms with van der Waals surface area (Å²) in [6.45, 7) is 6.97. The zero-order chi connectivity index (χ0) is 21.9. The lowest BCUT2D eigenvalue weighted by Crippen LogP contribution is -2.48. The lowest BCUT2D eigenvalue weighted by molar-refractivity contribution is -0.138. The van der Waals surface area contributed by atoms with Gasteiger partial charge in [0.25, 0.3) is 0 Å². The van der Waals surface area contributed by atoms with Crippen molar-refractivity contribution in [2.75, 3.05) is 12.3 Å². The van der Waals surface area contributed by atoms with Crippen LogP contribution in [0.4, 0.5) is 0 Å². The van der Waals surface area contributed by atoms with Crippen molar-refractivity contribution in [3.05, 3.63) is 70.2 Å². The van der Waals surface area contributed by atoms with Gasteiger partial charge in [0, 0.05) is 23.9 Å². The minimum absolute atomic E-state index is 0.0410. The summed E-state index contributed by atoms with van der Waals surface area (Å²) in [4.78, 5) is 27.3. The van der Waals surface area contributed by atoms with E-state index in [-0.39, 0.29) is 11.8 Å². The second-order valence-corrected chi connectivity index (χ2v) is 8.87. The summed E-state index contributed by atoms with van der Waals surface area (Å²) < 4.78 is 0. The van der Waals surface area contributed by atoms with Crippen LogP contribution >= 0.6 is 23.4 Å². The van der Waals surface area contributed by atoms with E-state index >= 15 is 0 Å². The second kappa shape index (κ2) is 12.7. The van der Waals surface area contributed by atoms with Crippen LogP contribution in [0.3, 0.4) is 0 Å². The highest BCUT2D eigenvalue weighted by Gasteiger charge is 2.25. The zero-order valence-corrected chi connectivity index (χ0v) is 19.6. The molecule has 0 saturated carbocycles. The Hall–Kier alpha value is -1.98. The summed E-state index contributed by atoms with van der Waals surface area (Å²) in [6, 6.07) is 15.2. The van der Waals surface area contributed by atoms with Crippen LogP contribution in [0.25, 0.3) is 0 Å². The summed E-state index contributed by atoms with van der Waals surface area (Å²) in [5.41, 5.74) is 3.26. The van der Waals surface area contributed by atoms with Crippen LogP contribution in [-0.2, 0) is 21.9 Å². The molecule has 0 aliphatic carbocycles. The molecule has 2 aromatic carbocycles. The first-order chi connectivity index (χ1) is 14.4. The SMILES string of the molecule is CCCCNC(=O)C(C)N(Cc1ccc(C)cc1)C(=O)CSCc1cccc(Cl)c1. The van der Waals surface area contributed by atoms with Gasteiger partial charge in [-0.25, -0.2) is 0 Å². The molecule has 0 heterocycles. The van der Waals surface area contributed by atoms with Crippen molar-refractivity contribution in [3.63, 3.8) is 0 Å². The van der Waals surface area contributed by atoms with Gasteiger partial charge in [-0.15, -0.1) is 11.8 Å². The fourth-order valence-electron chi connectivity index (χ4n) is 2.97. The van der Waals surface area contributed by atoms with Gasteiger partial charge in [0.2, 0.25) is 11.8 Å². The van der Waals surface area contributed by atoms with Crippen molar-refractivity contribution < 1.29 is 9.59 Å². The van der Waals surface area contributed by atoms with Gasteiger partial charge < -0.3 is 10.2 Å². The number of hydrogen-bond donors (Lipinski definition) is 1. The van der Waals surface area contributed by atoms with Crippen LogP contribution < -0.4 is 5.32 Å². The smallest absolute Gasteiger partial charge is 0.242 e. The topological polar surface area (TPSA) is 49.4 Å². The number of unbranched alkanes of at least 4 members (excludes halogenated alkanes) is 1. The molecule has 1 atom stereocenters. The number of hydrogen-bond acceptors (Lipinski definition) is 3. The number of carbonyl (C=O) groups excluding carboxylic acids is 2. The van der Waals surface area contributed by atoms with E-state index in [1.807, 2.05) is 55.5 Å². The maximum Gasteiger partial charge on any atom is 0.242 e. The highest BCUT2D eigenvalue weighted by molar-refractivity contribution is 7.99. The third-order valence-electron chi connectivity index (χ3n) is 4.85. The molecule has 162 valence electrons. The predicted octanol–water partition coefficient (Wildman–Crippen LogP) is 5.22. The molecular formula is C24H31ClN2O2S. The number of rotatable bonds is 11. The summed E-state index contributed by atoms with van der Waals surface area (Å²) in [6.07, 6.45) is 1.95. The van der Waals surface area contributed by atoms with Crippen LogP contribution in [0.5, 0.6) is 0 Å². The Morgan fingerprint density at radius 1 is 1.13 bits per heavy atom. The average Bonchev–Trinajstić information content (AvgIpc) is 2.73. The molecule has 2 amide bonds. The third-order valence-corrected chi connectivity index (χ3v) is 6.08. The van der Waals surface area contributed by atoms with Crippen molar-refractivity contribution in [1.29, 1.82) is 0 Å². The van der Waals surface area contributed by atoms with Gasteiger partial charge in [-0.3, -0.25) is 9.59 Å². The number of nitrogens with one attached hydrogen (secondary N) is 1. The van der Waals surface area contributed by atoms with Crippen molar-refractivity contribution >= 4 is 35.2 Å². The van der Waals surface area contributed by atoms with Gasteiger partial charge in [0.15, 0.2) is 0 Å². The number of thioether (sulfide) groups is 1. The minimum atomic E-state index is -0.526. The van der Waals surface area contributed by atoms with E-state index in [1.165, 1.54) is 17.3 Å². The van der Waals surface area contributed by atoms with Crippen LogP contribution in [0.15, 0.2) is 48.5 Å². The molecule has 6 heteroatoms. The molecule has 0 saturated heterocycles. The monoisotopic (exact) mass is 446 g/mol. The number of benzene rings is 2. The molecule has 1 unspecified atom stereocenters. The van der Waals surface area contributed by atoms with Gasteiger partial charge >= 0.3 is 0 Å². The first kappa shape index (κ1) is 24.3. The summed E-state index contributed by atoms with van der Waals surface area (Å²) in [5.74, 6) is 0.858. The molecule has 4 nitrogen and oxygen atoms in total. The number of aryl methyl sites for hydroxylation is 1. The molecule has 30 heavy (non-hydrogen) atoms. The Morgan fingerprint density at radius 2 is 1.87 bits per heavy atom. The Labute approximate surface area is 189 Å². The third kappa shape index (κ3) is 8.04. The standard InChI is InChI=1S/C24H31ClN2O2S/c1-4-5-13-26-24(29)19(3)27(15-20-11-9-18(2)10-12-20)23(28)17-30-16-21-7-6-8-22(25)14-21/h6-12,14,19H,4-5,13,15-17H2,1-3H3,(H,26,29). The number of halogens is 1. The predicted molar refractivity (Wildman–Crippen MR) is 127 cm³/mol. The molecule has 0 aliphatic rings. The fraction of sp³-hybridized carbons (Fsp3) is 0.417. The molecule has 0 fully saturated rings.